The Kier molecular flexibility index (Phi) is 5.13. The Morgan fingerprint density at radius 1 is 1.10 bits per heavy atom. The minimum Gasteiger partial charge on any atom is -0.283 e. The van der Waals surface area contributed by atoms with Crippen molar-refractivity contribution in [3.8, 4) is 0 Å². The Hall–Kier alpha value is -0.830. The molecule has 1 aromatic rings. The zero-order valence-corrected chi connectivity index (χ0v) is 13.7. The Balaban J connectivity index is 2.28. The first-order chi connectivity index (χ1) is 9.85. The van der Waals surface area contributed by atoms with Crippen LogP contribution in [0.4, 0.5) is 5.69 Å². The van der Waals surface area contributed by atoms with Crippen LogP contribution in [0.15, 0.2) is 29.2 Å². The van der Waals surface area contributed by atoms with E-state index in [0.717, 1.165) is 19.3 Å². The average molecular weight is 353 g/mol. The first kappa shape index (κ1) is 16.5. The average Bonchev–Trinajstić information content (AvgIpc) is 2.48. The van der Waals surface area contributed by atoms with E-state index in [9.17, 15) is 16.8 Å². The molecule has 0 radical (unpaired) electrons. The van der Waals surface area contributed by atoms with Gasteiger partial charge in [0.15, 0.2) is 0 Å². The number of hydrogen-bond acceptors (Lipinski definition) is 4. The Morgan fingerprint density at radius 2 is 1.76 bits per heavy atom. The first-order valence-corrected chi connectivity index (χ1v) is 10.1. The number of rotatable bonds is 5. The number of benzene rings is 1. The van der Waals surface area contributed by atoms with Gasteiger partial charge in [-0.3, -0.25) is 4.72 Å². The lowest BCUT2D eigenvalue weighted by Gasteiger charge is -2.26. The van der Waals surface area contributed by atoms with Gasteiger partial charge >= 0.3 is 0 Å². The van der Waals surface area contributed by atoms with Crippen LogP contribution >= 0.6 is 11.6 Å². The largest absolute Gasteiger partial charge is 0.283 e. The molecule has 1 fully saturated rings. The molecule has 0 aliphatic carbocycles. The Morgan fingerprint density at radius 3 is 2.38 bits per heavy atom. The molecule has 0 aromatic heterocycles. The lowest BCUT2D eigenvalue weighted by molar-refractivity contribution is 0.346. The van der Waals surface area contributed by atoms with E-state index in [2.05, 4.69) is 4.72 Å². The molecular weight excluding hydrogens is 336 g/mol. The molecule has 118 valence electrons. The SMILES string of the molecule is O=S(=O)(CCl)Nc1cccc(S(=O)(=O)N2CCCCC2)c1. The highest BCUT2D eigenvalue weighted by molar-refractivity contribution is 7.93. The van der Waals surface area contributed by atoms with Crippen LogP contribution < -0.4 is 4.72 Å². The molecule has 1 aromatic carbocycles. The molecule has 0 unspecified atom stereocenters. The lowest BCUT2D eigenvalue weighted by Crippen LogP contribution is -2.35. The van der Waals surface area contributed by atoms with Gasteiger partial charge in [-0.2, -0.15) is 4.31 Å². The topological polar surface area (TPSA) is 83.5 Å². The van der Waals surface area contributed by atoms with Crippen molar-refractivity contribution in [2.24, 2.45) is 0 Å². The molecule has 1 aliphatic rings. The molecule has 0 bridgehead atoms. The second kappa shape index (κ2) is 6.51. The van der Waals surface area contributed by atoms with Gasteiger partial charge in [-0.05, 0) is 31.0 Å². The van der Waals surface area contributed by atoms with E-state index in [1.54, 1.807) is 0 Å². The third kappa shape index (κ3) is 4.09. The second-order valence-corrected chi connectivity index (χ2v) is 9.06. The normalized spacial score (nSPS) is 17.6. The van der Waals surface area contributed by atoms with E-state index in [4.69, 9.17) is 11.6 Å². The van der Waals surface area contributed by atoms with Gasteiger partial charge in [-0.15, -0.1) is 11.6 Å². The van der Waals surface area contributed by atoms with Crippen molar-refractivity contribution in [1.29, 1.82) is 0 Å². The van der Waals surface area contributed by atoms with Crippen molar-refractivity contribution in [3.63, 3.8) is 0 Å². The van der Waals surface area contributed by atoms with Crippen molar-refractivity contribution >= 4 is 37.3 Å². The summed E-state index contributed by atoms with van der Waals surface area (Å²) >= 11 is 5.32. The van der Waals surface area contributed by atoms with Gasteiger partial charge in [-0.1, -0.05) is 12.5 Å². The zero-order valence-electron chi connectivity index (χ0n) is 11.3. The number of hydrogen-bond donors (Lipinski definition) is 1. The third-order valence-corrected chi connectivity index (χ3v) is 6.79. The number of piperidine rings is 1. The van der Waals surface area contributed by atoms with Gasteiger partial charge in [0.25, 0.3) is 0 Å². The van der Waals surface area contributed by atoms with Crippen LogP contribution in [0.5, 0.6) is 0 Å². The second-order valence-electron chi connectivity index (χ2n) is 4.82. The number of sulfonamides is 2. The monoisotopic (exact) mass is 352 g/mol. The molecule has 0 saturated carbocycles. The summed E-state index contributed by atoms with van der Waals surface area (Å²) in [6.07, 6.45) is 2.72. The van der Waals surface area contributed by atoms with E-state index < -0.39 is 25.3 Å². The highest BCUT2D eigenvalue weighted by Crippen LogP contribution is 2.23. The summed E-state index contributed by atoms with van der Waals surface area (Å²) in [5.41, 5.74) is 0.189. The van der Waals surface area contributed by atoms with Crippen LogP contribution in [-0.4, -0.2) is 39.4 Å². The number of alkyl halides is 1. The van der Waals surface area contributed by atoms with E-state index in [0.29, 0.717) is 13.1 Å². The van der Waals surface area contributed by atoms with E-state index in [1.807, 2.05) is 0 Å². The standard InChI is InChI=1S/C12H17ClN2O4S2/c13-10-20(16,17)14-11-5-4-6-12(9-11)21(18,19)15-7-2-1-3-8-15/h4-6,9,14H,1-3,7-8,10H2. The van der Waals surface area contributed by atoms with Gasteiger partial charge in [0.2, 0.25) is 20.0 Å². The molecule has 9 heteroatoms. The summed E-state index contributed by atoms with van der Waals surface area (Å²) in [7, 11) is -7.23. The van der Waals surface area contributed by atoms with Crippen LogP contribution in [0, 0.1) is 0 Å². The summed E-state index contributed by atoms with van der Waals surface area (Å²) in [6, 6.07) is 5.76. The number of nitrogens with zero attached hydrogens (tertiary/aromatic N) is 1. The van der Waals surface area contributed by atoms with Gasteiger partial charge in [-0.25, -0.2) is 16.8 Å². The van der Waals surface area contributed by atoms with E-state index in [1.165, 1.54) is 28.6 Å². The highest BCUT2D eigenvalue weighted by Gasteiger charge is 2.26. The smallest absolute Gasteiger partial charge is 0.246 e. The van der Waals surface area contributed by atoms with Crippen LogP contribution in [0.25, 0.3) is 0 Å². The zero-order chi connectivity index (χ0) is 15.5. The van der Waals surface area contributed by atoms with E-state index >= 15 is 0 Å². The molecule has 1 aliphatic heterocycles. The quantitative estimate of drug-likeness (QED) is 0.819. The highest BCUT2D eigenvalue weighted by atomic mass is 35.5. The summed E-state index contributed by atoms with van der Waals surface area (Å²) in [4.78, 5) is 0.0826. The number of halogens is 1. The maximum absolute atomic E-state index is 12.5. The van der Waals surface area contributed by atoms with Crippen LogP contribution in [-0.2, 0) is 20.0 Å². The van der Waals surface area contributed by atoms with E-state index in [-0.39, 0.29) is 10.6 Å². The van der Waals surface area contributed by atoms with Gasteiger partial charge in [0, 0.05) is 18.8 Å². The number of anilines is 1. The third-order valence-electron chi connectivity index (χ3n) is 3.20. The number of nitrogens with one attached hydrogen (secondary N) is 1. The Bertz CT molecular complexity index is 698. The molecule has 0 amide bonds. The van der Waals surface area contributed by atoms with Gasteiger partial charge in [0.1, 0.15) is 5.21 Å². The predicted octanol–water partition coefficient (Wildman–Crippen LogP) is 1.80. The summed E-state index contributed by atoms with van der Waals surface area (Å²) in [5.74, 6) is 0. The maximum Gasteiger partial charge on any atom is 0.246 e. The van der Waals surface area contributed by atoms with Crippen LogP contribution in [0.3, 0.4) is 0 Å². The fourth-order valence-electron chi connectivity index (χ4n) is 2.18. The van der Waals surface area contributed by atoms with Crippen molar-refractivity contribution in [3.05, 3.63) is 24.3 Å². The minimum absolute atomic E-state index is 0.0826. The van der Waals surface area contributed by atoms with Crippen molar-refractivity contribution < 1.29 is 16.8 Å². The fourth-order valence-corrected chi connectivity index (χ4v) is 4.45. The minimum atomic E-state index is -3.65. The molecule has 21 heavy (non-hydrogen) atoms. The molecule has 1 heterocycles. The maximum atomic E-state index is 12.5. The molecule has 0 spiro atoms. The van der Waals surface area contributed by atoms with Crippen molar-refractivity contribution in [1.82, 2.24) is 4.31 Å². The molecule has 2 rings (SSSR count). The molecule has 1 N–H and O–H groups in total. The molecule has 6 nitrogen and oxygen atoms in total. The van der Waals surface area contributed by atoms with Gasteiger partial charge < -0.3 is 0 Å². The fraction of sp³-hybridized carbons (Fsp3) is 0.500. The summed E-state index contributed by atoms with van der Waals surface area (Å²) in [5, 5.41) is -0.587. The Labute approximate surface area is 130 Å². The van der Waals surface area contributed by atoms with Gasteiger partial charge in [0.05, 0.1) is 4.90 Å². The molecule has 1 saturated heterocycles. The molecular formula is C12H17ClN2O4S2. The van der Waals surface area contributed by atoms with Crippen LogP contribution in [0.1, 0.15) is 19.3 Å². The van der Waals surface area contributed by atoms with Crippen molar-refractivity contribution in [2.75, 3.05) is 23.0 Å². The summed E-state index contributed by atoms with van der Waals surface area (Å²) < 4.78 is 51.5. The molecule has 0 atom stereocenters. The first-order valence-electron chi connectivity index (χ1n) is 6.52. The lowest BCUT2D eigenvalue weighted by atomic mass is 10.2. The summed E-state index contributed by atoms with van der Waals surface area (Å²) in [6.45, 7) is 1.000. The van der Waals surface area contributed by atoms with Crippen LogP contribution in [0.2, 0.25) is 0 Å². The predicted molar refractivity (Wildman–Crippen MR) is 82.3 cm³/mol. The van der Waals surface area contributed by atoms with Crippen molar-refractivity contribution in [2.45, 2.75) is 24.2 Å².